The highest BCUT2D eigenvalue weighted by molar-refractivity contribution is 5.84. The summed E-state index contributed by atoms with van der Waals surface area (Å²) < 4.78 is 72.0. The van der Waals surface area contributed by atoms with Crippen molar-refractivity contribution in [3.05, 3.63) is 11.6 Å². The summed E-state index contributed by atoms with van der Waals surface area (Å²) in [6, 6.07) is 0. The molecule has 0 bridgehead atoms. The number of ether oxygens (including phenoxy) is 12. The van der Waals surface area contributed by atoms with E-state index in [2.05, 4.69) is 33.8 Å². The molecule has 0 radical (unpaired) electrons. The fourth-order valence-electron chi connectivity index (χ4n) is 16.8. The lowest BCUT2D eigenvalue weighted by Gasteiger charge is -2.63. The van der Waals surface area contributed by atoms with E-state index >= 15 is 0 Å². The lowest BCUT2D eigenvalue weighted by Crippen LogP contribution is -2.66. The van der Waals surface area contributed by atoms with Crippen LogP contribution in [-0.2, 0) is 71.2 Å². The van der Waals surface area contributed by atoms with E-state index in [4.69, 9.17) is 56.8 Å². The van der Waals surface area contributed by atoms with Crippen molar-refractivity contribution in [3.63, 3.8) is 0 Å². The van der Waals surface area contributed by atoms with Crippen LogP contribution in [0.5, 0.6) is 0 Å². The second-order valence-corrected chi connectivity index (χ2v) is 26.3. The van der Waals surface area contributed by atoms with Crippen LogP contribution in [-0.4, -0.2) is 225 Å². The van der Waals surface area contributed by atoms with E-state index in [0.29, 0.717) is 44.9 Å². The highest BCUT2D eigenvalue weighted by Crippen LogP contribution is 2.77. The Kier molecular flexibility index (Phi) is 18.3. The molecule has 9 aliphatic rings. The fraction of sp³-hybridized carbons (Fsp3) is 0.912. The van der Waals surface area contributed by atoms with Gasteiger partial charge in [0.25, 0.3) is 0 Å². The number of rotatable bonds is 16. The lowest BCUT2D eigenvalue weighted by molar-refractivity contribution is -0.387. The van der Waals surface area contributed by atoms with Crippen molar-refractivity contribution in [1.82, 2.24) is 0 Å². The molecule has 5 heterocycles. The number of aliphatic hydroxyl groups is 9. The molecule has 5 saturated heterocycles. The standard InChI is InChI=1S/C57H90O24/c1-24(2)18-28(74-26(4)59)19-56(10)47-33(75-27(5)60)20-55(9)30-12-13-35-53(6,7)36(15-16-54(35,8)29(30)14-17-57(47,55)52(69)81-56)77-51-46(37(63)31(61)22-72-51)80-49-40(66)39(65)43(25(3)73-49)78-50-42(68)45(38(64)34(21-58)76-50)79-48-41(67)44(70-11)32(62)23-71-48/h12,24-25,28-29,31-51,58,61-68H,13-23H2,1-11H3/t25-,28+,29+,31-,32-,33+,34-,35+,36+,37+,38-,39-,40-,41-,42-,43-,44+,45+,46-,47-,48+,49+,50+,51+,54-,55+,56+,57-/m1/s1. The minimum atomic E-state index is -1.89. The molecule has 0 unspecified atom stereocenters. The zero-order valence-corrected chi connectivity index (χ0v) is 48.4. The van der Waals surface area contributed by atoms with Crippen LogP contribution in [0.2, 0.25) is 0 Å². The van der Waals surface area contributed by atoms with Gasteiger partial charge >= 0.3 is 17.9 Å². The number of allylic oxidation sites excluding steroid dienone is 2. The number of methoxy groups -OCH3 is 1. The van der Waals surface area contributed by atoms with Gasteiger partial charge in [-0.2, -0.15) is 0 Å². The van der Waals surface area contributed by atoms with Gasteiger partial charge < -0.3 is 103 Å². The molecule has 0 amide bonds. The maximum absolute atomic E-state index is 14.9. The zero-order valence-electron chi connectivity index (χ0n) is 48.4. The molecule has 0 aromatic carbocycles. The summed E-state index contributed by atoms with van der Waals surface area (Å²) in [7, 11) is 1.26. The highest BCUT2D eigenvalue weighted by atomic mass is 16.8. The predicted octanol–water partition coefficient (Wildman–Crippen LogP) is 0.414. The van der Waals surface area contributed by atoms with Gasteiger partial charge in [-0.15, -0.1) is 0 Å². The maximum Gasteiger partial charge on any atom is 0.314 e. The van der Waals surface area contributed by atoms with Crippen molar-refractivity contribution >= 4 is 17.9 Å². The first kappa shape index (κ1) is 62.9. The molecule has 3 saturated carbocycles. The SMILES string of the molecule is CO[C@@H]1[C@@H](O)[C@H](O[C@@H]2[C@@H](O)[C@H](O[C@H]3[C@H](O)[C@@H](O)[C@H](O[C@H]4[C@H](O[C@H]5CC[C@]6(C)[C@H]7CC[C@]89C(=O)O[C@@](C)(C[C@H](CC(C)C)OC(C)=O)[C@H]8[C@@H](OC(C)=O)C[C@@]9(C)C7=CC[C@H]6C5(C)C)OC[C@@H](O)[C@@H]4O)O[C@@H]3C)O[C@H](CO)[C@H]2O)OC[C@H]1O. The van der Waals surface area contributed by atoms with Crippen LogP contribution < -0.4 is 0 Å². The average molecular weight is 1160 g/mol. The van der Waals surface area contributed by atoms with Crippen LogP contribution in [0.15, 0.2) is 11.6 Å². The molecule has 0 aromatic heterocycles. The molecule has 9 rings (SSSR count). The van der Waals surface area contributed by atoms with Gasteiger partial charge in [0.15, 0.2) is 25.2 Å². The van der Waals surface area contributed by atoms with E-state index < -0.39 is 175 Å². The molecule has 24 nitrogen and oxygen atoms in total. The summed E-state index contributed by atoms with van der Waals surface area (Å²) in [4.78, 5) is 40.1. The largest absolute Gasteiger partial charge is 0.462 e. The summed E-state index contributed by atoms with van der Waals surface area (Å²) in [6.45, 7) is 17.6. The minimum Gasteiger partial charge on any atom is -0.462 e. The Bertz CT molecular complexity index is 2290. The van der Waals surface area contributed by atoms with Crippen LogP contribution in [0.1, 0.15) is 121 Å². The Morgan fingerprint density at radius 3 is 2.02 bits per heavy atom. The van der Waals surface area contributed by atoms with E-state index in [1.807, 2.05) is 20.8 Å². The predicted molar refractivity (Wildman–Crippen MR) is 276 cm³/mol. The summed E-state index contributed by atoms with van der Waals surface area (Å²) in [5, 5.41) is 99.3. The van der Waals surface area contributed by atoms with E-state index in [0.717, 1.165) is 0 Å². The van der Waals surface area contributed by atoms with Crippen LogP contribution in [0.25, 0.3) is 0 Å². The third-order valence-corrected chi connectivity index (χ3v) is 20.4. The normalized spacial score (nSPS) is 49.8. The molecule has 28 atom stereocenters. The number of esters is 3. The van der Waals surface area contributed by atoms with Crippen molar-refractivity contribution in [3.8, 4) is 0 Å². The molecule has 4 aliphatic carbocycles. The van der Waals surface area contributed by atoms with Gasteiger partial charge in [0.1, 0.15) is 97.2 Å². The molecule has 9 N–H and O–H groups in total. The number of hydrogen-bond donors (Lipinski definition) is 9. The van der Waals surface area contributed by atoms with Crippen molar-refractivity contribution < 1.29 is 117 Å². The van der Waals surface area contributed by atoms with Gasteiger partial charge in [-0.25, -0.2) is 0 Å². The number of fused-ring (bicyclic) bond motifs is 4. The summed E-state index contributed by atoms with van der Waals surface area (Å²) >= 11 is 0. The average Bonchev–Trinajstić information content (AvgIpc) is 3.03. The van der Waals surface area contributed by atoms with Gasteiger partial charge in [0, 0.05) is 32.8 Å². The smallest absolute Gasteiger partial charge is 0.314 e. The van der Waals surface area contributed by atoms with E-state index in [1.54, 1.807) is 0 Å². The molecule has 24 heteroatoms. The van der Waals surface area contributed by atoms with Gasteiger partial charge in [-0.05, 0) is 87.4 Å². The van der Waals surface area contributed by atoms with E-state index in [1.165, 1.54) is 33.5 Å². The summed E-state index contributed by atoms with van der Waals surface area (Å²) in [6.07, 6.45) is -22.5. The Balaban J connectivity index is 0.894. The van der Waals surface area contributed by atoms with Crippen LogP contribution in [0.3, 0.4) is 0 Å². The van der Waals surface area contributed by atoms with Gasteiger partial charge in [-0.3, -0.25) is 14.4 Å². The van der Waals surface area contributed by atoms with Gasteiger partial charge in [-0.1, -0.05) is 53.2 Å². The number of cyclic esters (lactones) is 1. The number of aliphatic hydroxyl groups excluding tert-OH is 9. The molecular formula is C57H90O24. The Morgan fingerprint density at radius 1 is 0.728 bits per heavy atom. The van der Waals surface area contributed by atoms with Crippen molar-refractivity contribution in [1.29, 1.82) is 0 Å². The first-order valence-electron chi connectivity index (χ1n) is 29.0. The second kappa shape index (κ2) is 23.6. The highest BCUT2D eigenvalue weighted by Gasteiger charge is 2.80. The van der Waals surface area contributed by atoms with Gasteiger partial charge in [0.2, 0.25) is 0 Å². The lowest BCUT2D eigenvalue weighted by atomic mass is 9.41. The molecule has 462 valence electrons. The van der Waals surface area contributed by atoms with Gasteiger partial charge in [0.05, 0.1) is 43.4 Å². The first-order valence-corrected chi connectivity index (χ1v) is 29.0. The molecule has 0 aromatic rings. The Morgan fingerprint density at radius 2 is 1.37 bits per heavy atom. The number of carbonyl (C=O) groups excluding carboxylic acids is 3. The summed E-state index contributed by atoms with van der Waals surface area (Å²) in [5.41, 5.74) is -2.51. The van der Waals surface area contributed by atoms with Crippen LogP contribution in [0.4, 0.5) is 0 Å². The molecule has 5 aliphatic heterocycles. The number of carbonyl (C=O) groups is 3. The molecule has 8 fully saturated rings. The monoisotopic (exact) mass is 1160 g/mol. The minimum absolute atomic E-state index is 0.0292. The maximum atomic E-state index is 14.9. The summed E-state index contributed by atoms with van der Waals surface area (Å²) in [5.74, 6) is -1.41. The Hall–Kier alpha value is -2.57. The zero-order chi connectivity index (χ0) is 59.2. The third kappa shape index (κ3) is 11.0. The van der Waals surface area contributed by atoms with Crippen molar-refractivity contribution in [2.24, 2.45) is 45.3 Å². The first-order chi connectivity index (χ1) is 38.0. The second-order valence-electron chi connectivity index (χ2n) is 26.3. The van der Waals surface area contributed by atoms with Crippen LogP contribution >= 0.6 is 0 Å². The molecule has 1 spiro atoms. The van der Waals surface area contributed by atoms with E-state index in [-0.39, 0.29) is 48.8 Å². The quantitative estimate of drug-likeness (QED) is 0.0574. The van der Waals surface area contributed by atoms with Crippen LogP contribution in [0, 0.1) is 45.3 Å². The number of hydrogen-bond acceptors (Lipinski definition) is 24. The van der Waals surface area contributed by atoms with Crippen molar-refractivity contribution in [2.45, 2.75) is 255 Å². The fourth-order valence-corrected chi connectivity index (χ4v) is 16.8. The molecule has 81 heavy (non-hydrogen) atoms. The Labute approximate surface area is 472 Å². The van der Waals surface area contributed by atoms with Crippen molar-refractivity contribution in [2.75, 3.05) is 26.9 Å². The topological polar surface area (TPSA) is 344 Å². The van der Waals surface area contributed by atoms with E-state index in [9.17, 15) is 60.3 Å². The molecular weight excluding hydrogens is 1070 g/mol. The third-order valence-electron chi connectivity index (χ3n) is 20.4.